The molecule has 0 saturated carbocycles. The average Bonchev–Trinajstić information content (AvgIpc) is 2.62. The second-order valence-electron chi connectivity index (χ2n) is 4.82. The second kappa shape index (κ2) is 14.3. The maximum absolute atomic E-state index is 6.25. The van der Waals surface area contributed by atoms with E-state index < -0.39 is 26.4 Å². The van der Waals surface area contributed by atoms with Gasteiger partial charge in [0, 0.05) is 33.0 Å². The lowest BCUT2D eigenvalue weighted by Gasteiger charge is -2.40. The van der Waals surface area contributed by atoms with Crippen LogP contribution in [-0.4, -0.2) is 76.0 Å². The van der Waals surface area contributed by atoms with Crippen LogP contribution in [0.4, 0.5) is 0 Å². The van der Waals surface area contributed by atoms with Crippen molar-refractivity contribution in [1.82, 2.24) is 0 Å². The zero-order valence-electron chi connectivity index (χ0n) is 16.1. The first-order valence-electron chi connectivity index (χ1n) is 8.68. The Balaban J connectivity index is 5.83. The largest absolute Gasteiger partial charge is 0.509 e. The molecule has 0 rings (SSSR count). The Labute approximate surface area is 175 Å². The topological polar surface area (TPSA) is 64.6 Å². The summed E-state index contributed by atoms with van der Waals surface area (Å²) >= 11 is 18.6. The van der Waals surface area contributed by atoms with Crippen molar-refractivity contribution >= 4 is 61.2 Å². The lowest BCUT2D eigenvalue weighted by Crippen LogP contribution is -2.67. The van der Waals surface area contributed by atoms with Crippen LogP contribution < -0.4 is 0 Å². The Hall–Kier alpha value is 1.24. The van der Waals surface area contributed by atoms with Crippen LogP contribution in [0.1, 0.15) is 34.6 Å². The first-order chi connectivity index (χ1) is 12.4. The molecule has 0 aliphatic carbocycles. The molecule has 0 amide bonds. The van der Waals surface area contributed by atoms with Crippen molar-refractivity contribution in [1.29, 1.82) is 0 Å². The normalized spacial score (nSPS) is 13.4. The van der Waals surface area contributed by atoms with Crippen LogP contribution in [0.3, 0.4) is 0 Å². The summed E-state index contributed by atoms with van der Waals surface area (Å²) in [5.41, 5.74) is 0.0311. The van der Waals surface area contributed by atoms with Crippen LogP contribution in [0, 0.1) is 0 Å². The highest BCUT2D eigenvalue weighted by atomic mass is 35.5. The van der Waals surface area contributed by atoms with Gasteiger partial charge in [0.25, 0.3) is 0 Å². The van der Waals surface area contributed by atoms with E-state index in [4.69, 9.17) is 65.2 Å². The fraction of sp³-hybridized carbons (Fsp3) is 1.00. The zero-order valence-corrected chi connectivity index (χ0v) is 21.4. The van der Waals surface area contributed by atoms with Crippen molar-refractivity contribution in [2.24, 2.45) is 0 Å². The summed E-state index contributed by atoms with van der Waals surface area (Å²) in [6.07, 6.45) is 0. The van der Waals surface area contributed by atoms with Gasteiger partial charge in [0.2, 0.25) is 0 Å². The smallest absolute Gasteiger partial charge is 0.374 e. The Morgan fingerprint density at radius 1 is 0.462 bits per heavy atom. The van der Waals surface area contributed by atoms with E-state index in [1.54, 1.807) is 0 Å². The van der Waals surface area contributed by atoms with Gasteiger partial charge in [0.1, 0.15) is 0 Å². The number of halogens is 3. The third kappa shape index (κ3) is 8.31. The number of hydrogen-bond donors (Lipinski definition) is 0. The maximum atomic E-state index is 6.25. The monoisotopic (exact) mass is 488 g/mol. The van der Waals surface area contributed by atoms with E-state index in [1.165, 1.54) is 0 Å². The van der Waals surface area contributed by atoms with Crippen molar-refractivity contribution in [3.63, 3.8) is 0 Å². The van der Waals surface area contributed by atoms with Gasteiger partial charge in [-0.15, -0.1) is 34.8 Å². The van der Waals surface area contributed by atoms with Gasteiger partial charge in [-0.2, -0.15) is 0 Å². The van der Waals surface area contributed by atoms with Crippen molar-refractivity contribution in [3.05, 3.63) is 0 Å². The summed E-state index contributed by atoms with van der Waals surface area (Å²) in [6.45, 7) is 10.9. The van der Waals surface area contributed by atoms with Gasteiger partial charge in [-0.05, 0) is 34.6 Å². The summed E-state index contributed by atoms with van der Waals surface area (Å²) in [5, 5.41) is 0. The predicted molar refractivity (Wildman–Crippen MR) is 110 cm³/mol. The molecule has 0 saturated heterocycles. The molecule has 7 nitrogen and oxygen atoms in total. The van der Waals surface area contributed by atoms with Crippen molar-refractivity contribution in [2.75, 3.05) is 49.5 Å². The molecule has 26 heavy (non-hydrogen) atoms. The third-order valence-electron chi connectivity index (χ3n) is 2.93. The van der Waals surface area contributed by atoms with Gasteiger partial charge >= 0.3 is 26.4 Å². The lowest BCUT2D eigenvalue weighted by molar-refractivity contribution is 0.0472. The molecule has 0 bridgehead atoms. The molecule has 0 fully saturated rings. The Morgan fingerprint density at radius 3 is 0.885 bits per heavy atom. The molecule has 0 radical (unpaired) electrons. The van der Waals surface area contributed by atoms with Crippen molar-refractivity contribution in [2.45, 2.75) is 34.6 Å². The maximum Gasteiger partial charge on any atom is 0.509 e. The van der Waals surface area contributed by atoms with Gasteiger partial charge in [-0.3, -0.25) is 0 Å². The number of alkyl halides is 3. The minimum atomic E-state index is -3.51. The first kappa shape index (κ1) is 27.2. The van der Waals surface area contributed by atoms with Crippen molar-refractivity contribution in [3.8, 4) is 0 Å². The van der Waals surface area contributed by atoms with Crippen LogP contribution in [0.15, 0.2) is 0 Å². The average molecular weight is 490 g/mol. The van der Waals surface area contributed by atoms with E-state index in [2.05, 4.69) is 0 Å². The van der Waals surface area contributed by atoms with Gasteiger partial charge in [-0.1, -0.05) is 0 Å². The van der Waals surface area contributed by atoms with Gasteiger partial charge < -0.3 is 30.4 Å². The highest BCUT2D eigenvalue weighted by Crippen LogP contribution is 2.27. The zero-order chi connectivity index (χ0) is 20.1. The van der Waals surface area contributed by atoms with Crippen molar-refractivity contribution < 1.29 is 30.4 Å². The molecular formula is C13H31Cl3O7Si3. The summed E-state index contributed by atoms with van der Waals surface area (Å²) in [6, 6.07) is 0. The third-order valence-corrected chi connectivity index (χ3v) is 15.5. The van der Waals surface area contributed by atoms with E-state index in [1.807, 2.05) is 34.6 Å². The Morgan fingerprint density at radius 2 is 0.692 bits per heavy atom. The SMILES string of the molecule is CCO[Si](CCl)(OCC)O[Si](CCl)(OCC)O[Si](CCl)(OCC)OCC. The quantitative estimate of drug-likeness (QED) is 0.229. The van der Waals surface area contributed by atoms with E-state index >= 15 is 0 Å². The van der Waals surface area contributed by atoms with E-state index in [0.29, 0.717) is 33.0 Å². The molecule has 0 atom stereocenters. The van der Waals surface area contributed by atoms with Gasteiger partial charge in [-0.25, -0.2) is 0 Å². The van der Waals surface area contributed by atoms with E-state index in [9.17, 15) is 0 Å². The fourth-order valence-electron chi connectivity index (χ4n) is 2.16. The molecule has 0 N–H and O–H groups in total. The molecule has 0 aromatic rings. The van der Waals surface area contributed by atoms with Gasteiger partial charge in [0.05, 0.1) is 16.5 Å². The van der Waals surface area contributed by atoms with E-state index in [0.717, 1.165) is 0 Å². The van der Waals surface area contributed by atoms with Crippen LogP contribution >= 0.6 is 34.8 Å². The lowest BCUT2D eigenvalue weighted by atomic mass is 10.9. The summed E-state index contributed by atoms with van der Waals surface area (Å²) < 4.78 is 41.4. The molecule has 0 aliphatic heterocycles. The standard InChI is InChI=1S/C13H31Cl3O7Si3/c1-6-17-24(11-14,18-7-2)22-26(13-16,21-10-5)23-25(12-15,19-8-3)20-9-4/h6-13H2,1-5H3. The molecule has 158 valence electrons. The summed E-state index contributed by atoms with van der Waals surface area (Å²) in [5.74, 6) is 0. The van der Waals surface area contributed by atoms with Crippen LogP contribution in [0.2, 0.25) is 0 Å². The minimum Gasteiger partial charge on any atom is -0.374 e. The van der Waals surface area contributed by atoms with Crippen LogP contribution in [0.5, 0.6) is 0 Å². The molecular weight excluding hydrogens is 459 g/mol. The Bertz CT molecular complexity index is 334. The Kier molecular flexibility index (Phi) is 14.9. The molecule has 13 heteroatoms. The predicted octanol–water partition coefficient (Wildman–Crippen LogP) is 3.35. The molecule has 0 spiro atoms. The van der Waals surface area contributed by atoms with Crippen LogP contribution in [0.25, 0.3) is 0 Å². The number of rotatable bonds is 17. The highest BCUT2D eigenvalue weighted by molar-refractivity contribution is 6.86. The number of hydrogen-bond acceptors (Lipinski definition) is 7. The molecule has 0 unspecified atom stereocenters. The molecule has 0 aromatic carbocycles. The summed E-state index contributed by atoms with van der Waals surface area (Å²) in [7, 11) is -10.0. The highest BCUT2D eigenvalue weighted by Gasteiger charge is 2.59. The van der Waals surface area contributed by atoms with Crippen LogP contribution in [-0.2, 0) is 30.4 Å². The minimum absolute atomic E-state index is 0.0372. The molecule has 0 aromatic heterocycles. The second-order valence-corrected chi connectivity index (χ2v) is 15.2. The first-order valence-corrected chi connectivity index (χ1v) is 16.1. The van der Waals surface area contributed by atoms with Gasteiger partial charge in [0.15, 0.2) is 0 Å². The fourth-order valence-corrected chi connectivity index (χ4v) is 14.6. The molecule has 0 aliphatic rings. The summed E-state index contributed by atoms with van der Waals surface area (Å²) in [4.78, 5) is 0. The molecule has 0 heterocycles. The van der Waals surface area contributed by atoms with E-state index in [-0.39, 0.29) is 16.5 Å².